The van der Waals surface area contributed by atoms with E-state index in [1.807, 2.05) is 35.6 Å². The fraction of sp³-hybridized carbons (Fsp3) is 0.543. The number of ether oxygens (including phenoxy) is 1. The van der Waals surface area contributed by atoms with Crippen molar-refractivity contribution in [2.45, 2.75) is 77.2 Å². The van der Waals surface area contributed by atoms with Gasteiger partial charge in [-0.3, -0.25) is 14.7 Å². The molecular weight excluding hydrogens is 536 g/mol. The van der Waals surface area contributed by atoms with Gasteiger partial charge in [-0.15, -0.1) is 0 Å². The number of benzene rings is 2. The first-order chi connectivity index (χ1) is 21.2. The molecule has 1 amide bonds. The Hall–Kier alpha value is -3.52. The third-order valence-corrected chi connectivity index (χ3v) is 9.26. The van der Waals surface area contributed by atoms with Gasteiger partial charge in [-0.25, -0.2) is 9.97 Å². The summed E-state index contributed by atoms with van der Waals surface area (Å²) in [7, 11) is 0. The first kappa shape index (κ1) is 29.5. The van der Waals surface area contributed by atoms with Gasteiger partial charge in [-0.2, -0.15) is 0 Å². The van der Waals surface area contributed by atoms with Gasteiger partial charge in [0.2, 0.25) is 5.95 Å². The average Bonchev–Trinajstić information content (AvgIpc) is 3.47. The van der Waals surface area contributed by atoms with Crippen LogP contribution in [0.15, 0.2) is 47.7 Å². The van der Waals surface area contributed by atoms with Crippen LogP contribution in [0, 0.1) is 6.92 Å². The van der Waals surface area contributed by atoms with E-state index in [-0.39, 0.29) is 11.9 Å². The highest BCUT2D eigenvalue weighted by molar-refractivity contribution is 6.06. The highest BCUT2D eigenvalue weighted by atomic mass is 16.5. The maximum Gasteiger partial charge on any atom is 0.256 e. The van der Waals surface area contributed by atoms with Gasteiger partial charge in [0.05, 0.1) is 23.9 Å². The van der Waals surface area contributed by atoms with Crippen LogP contribution in [0.3, 0.4) is 0 Å². The van der Waals surface area contributed by atoms with Crippen LogP contribution in [0.25, 0.3) is 10.8 Å². The lowest BCUT2D eigenvalue weighted by Gasteiger charge is -2.34. The molecule has 0 N–H and O–H groups in total. The molecule has 0 aliphatic carbocycles. The lowest BCUT2D eigenvalue weighted by atomic mass is 10.0. The summed E-state index contributed by atoms with van der Waals surface area (Å²) in [6.07, 6.45) is 17.8. The number of fused-ring (bicyclic) bond motifs is 3. The molecule has 0 radical (unpaired) electrons. The SMILES string of the molecule is Cc1cc2cc3c(cc2cc1OCCCCCCCCCCN1CCN(c2ncccn2)CC1)N=C[C@@H]1CCCN1C3=O. The summed E-state index contributed by atoms with van der Waals surface area (Å²) in [5.74, 6) is 1.91. The predicted molar refractivity (Wildman–Crippen MR) is 174 cm³/mol. The van der Waals surface area contributed by atoms with Crippen molar-refractivity contribution in [3.63, 3.8) is 0 Å². The number of carbonyl (C=O) groups excluding carboxylic acids is 1. The number of carbonyl (C=O) groups is 1. The van der Waals surface area contributed by atoms with Crippen LogP contribution >= 0.6 is 0 Å². The maximum absolute atomic E-state index is 13.2. The van der Waals surface area contributed by atoms with Crippen molar-refractivity contribution in [2.75, 3.05) is 50.8 Å². The van der Waals surface area contributed by atoms with Gasteiger partial charge in [-0.05, 0) is 85.8 Å². The van der Waals surface area contributed by atoms with Gasteiger partial charge < -0.3 is 14.5 Å². The molecule has 0 bridgehead atoms. The minimum atomic E-state index is 0.111. The van der Waals surface area contributed by atoms with Crippen molar-refractivity contribution in [1.29, 1.82) is 0 Å². The van der Waals surface area contributed by atoms with Gasteiger partial charge in [0, 0.05) is 51.3 Å². The van der Waals surface area contributed by atoms with E-state index in [2.05, 4.69) is 44.9 Å². The summed E-state index contributed by atoms with van der Waals surface area (Å²) >= 11 is 0. The molecule has 3 aromatic rings. The van der Waals surface area contributed by atoms with Crippen molar-refractivity contribution in [2.24, 2.45) is 4.99 Å². The Morgan fingerprint density at radius 1 is 0.837 bits per heavy atom. The number of amides is 1. The van der Waals surface area contributed by atoms with Crippen molar-refractivity contribution in [3.05, 3.63) is 53.9 Å². The monoisotopic (exact) mass is 582 g/mol. The normalized spacial score (nSPS) is 18.6. The van der Waals surface area contributed by atoms with E-state index in [1.165, 1.54) is 51.5 Å². The number of hydrogen-bond donors (Lipinski definition) is 0. The number of piperazine rings is 1. The Morgan fingerprint density at radius 3 is 2.35 bits per heavy atom. The Labute approximate surface area is 256 Å². The largest absolute Gasteiger partial charge is 0.493 e. The second-order valence-electron chi connectivity index (χ2n) is 12.4. The smallest absolute Gasteiger partial charge is 0.256 e. The van der Waals surface area contributed by atoms with Crippen molar-refractivity contribution in [3.8, 4) is 5.75 Å². The maximum atomic E-state index is 13.2. The summed E-state index contributed by atoms with van der Waals surface area (Å²) in [6.45, 7) is 9.13. The number of nitrogens with zero attached hydrogens (tertiary/aromatic N) is 6. The zero-order valence-electron chi connectivity index (χ0n) is 25.7. The zero-order valence-corrected chi connectivity index (χ0v) is 25.7. The van der Waals surface area contributed by atoms with E-state index in [4.69, 9.17) is 9.73 Å². The number of anilines is 1. The summed E-state index contributed by atoms with van der Waals surface area (Å²) in [6, 6.07) is 10.3. The fourth-order valence-corrected chi connectivity index (χ4v) is 6.69. The highest BCUT2D eigenvalue weighted by Crippen LogP contribution is 2.35. The van der Waals surface area contributed by atoms with E-state index in [9.17, 15) is 4.79 Å². The van der Waals surface area contributed by atoms with Crippen LogP contribution in [0.5, 0.6) is 5.75 Å². The Morgan fingerprint density at radius 2 is 1.56 bits per heavy atom. The van der Waals surface area contributed by atoms with Crippen LogP contribution in [-0.2, 0) is 0 Å². The third kappa shape index (κ3) is 7.35. The molecule has 1 atom stereocenters. The molecule has 8 nitrogen and oxygen atoms in total. The van der Waals surface area contributed by atoms with Crippen molar-refractivity contribution >= 4 is 34.5 Å². The van der Waals surface area contributed by atoms with E-state index < -0.39 is 0 Å². The molecule has 8 heteroatoms. The topological polar surface area (TPSA) is 74.2 Å². The molecule has 2 fully saturated rings. The molecule has 0 unspecified atom stereocenters. The van der Waals surface area contributed by atoms with E-state index in [1.54, 1.807) is 0 Å². The minimum Gasteiger partial charge on any atom is -0.493 e. The van der Waals surface area contributed by atoms with Gasteiger partial charge in [-0.1, -0.05) is 38.5 Å². The molecule has 0 spiro atoms. The number of aryl methyl sites for hydroxylation is 1. The Bertz CT molecular complexity index is 1400. The first-order valence-electron chi connectivity index (χ1n) is 16.5. The molecule has 2 saturated heterocycles. The quantitative estimate of drug-likeness (QED) is 0.212. The number of aromatic nitrogens is 2. The van der Waals surface area contributed by atoms with Gasteiger partial charge in [0.15, 0.2) is 0 Å². The van der Waals surface area contributed by atoms with Gasteiger partial charge in [0.25, 0.3) is 5.91 Å². The standard InChI is InChI=1S/C35H46N6O2/c1-27-22-28-23-31-32(38-26-30-12-10-16-41(30)34(31)42)24-29(28)25-33(27)43-21-9-7-5-3-2-4-6-8-15-39-17-19-40(20-18-39)35-36-13-11-14-37-35/h11,13-14,22-26,30H,2-10,12,15-21H2,1H3/t30-/m0/s1. The number of hydrogen-bond acceptors (Lipinski definition) is 7. The minimum absolute atomic E-state index is 0.111. The fourth-order valence-electron chi connectivity index (χ4n) is 6.69. The second-order valence-corrected chi connectivity index (χ2v) is 12.4. The molecule has 2 aromatic carbocycles. The summed E-state index contributed by atoms with van der Waals surface area (Å²) < 4.78 is 6.22. The van der Waals surface area contributed by atoms with Crippen LogP contribution in [0.1, 0.15) is 80.1 Å². The van der Waals surface area contributed by atoms with E-state index >= 15 is 0 Å². The highest BCUT2D eigenvalue weighted by Gasteiger charge is 2.31. The van der Waals surface area contributed by atoms with Crippen LogP contribution in [-0.4, -0.2) is 83.8 Å². The molecule has 3 aliphatic rings. The van der Waals surface area contributed by atoms with Gasteiger partial charge >= 0.3 is 0 Å². The van der Waals surface area contributed by atoms with Crippen LogP contribution in [0.4, 0.5) is 11.6 Å². The van der Waals surface area contributed by atoms with Crippen molar-refractivity contribution in [1.82, 2.24) is 19.8 Å². The molecule has 228 valence electrons. The molecular formula is C35H46N6O2. The Balaban J connectivity index is 0.847. The molecule has 3 aliphatic heterocycles. The molecule has 43 heavy (non-hydrogen) atoms. The summed E-state index contributed by atoms with van der Waals surface area (Å²) in [4.78, 5) is 33.5. The Kier molecular flexibility index (Phi) is 9.83. The molecule has 4 heterocycles. The van der Waals surface area contributed by atoms with Crippen LogP contribution in [0.2, 0.25) is 0 Å². The number of rotatable bonds is 13. The lowest BCUT2D eigenvalue weighted by Crippen LogP contribution is -2.47. The first-order valence-corrected chi connectivity index (χ1v) is 16.5. The molecule has 6 rings (SSSR count). The average molecular weight is 583 g/mol. The summed E-state index contributed by atoms with van der Waals surface area (Å²) in [5, 5.41) is 2.15. The molecule has 1 aromatic heterocycles. The third-order valence-electron chi connectivity index (χ3n) is 9.26. The number of unbranched alkanes of at least 4 members (excludes halogenated alkanes) is 7. The zero-order chi connectivity index (χ0) is 29.4. The lowest BCUT2D eigenvalue weighted by molar-refractivity contribution is 0.0775. The van der Waals surface area contributed by atoms with Crippen molar-refractivity contribution < 1.29 is 9.53 Å². The molecule has 0 saturated carbocycles. The summed E-state index contributed by atoms with van der Waals surface area (Å²) in [5.41, 5.74) is 2.61. The van der Waals surface area contributed by atoms with Crippen LogP contribution < -0.4 is 9.64 Å². The number of aliphatic imine (C=N–C) groups is 1. The van der Waals surface area contributed by atoms with Gasteiger partial charge in [0.1, 0.15) is 5.75 Å². The second kappa shape index (κ2) is 14.3. The predicted octanol–water partition coefficient (Wildman–Crippen LogP) is 6.58. The van der Waals surface area contributed by atoms with E-state index in [0.717, 1.165) is 97.9 Å². The van der Waals surface area contributed by atoms with E-state index in [0.29, 0.717) is 0 Å².